The summed E-state index contributed by atoms with van der Waals surface area (Å²) in [5.74, 6) is 0.341. The molecule has 2 aromatic carbocycles. The first-order valence-electron chi connectivity index (χ1n) is 6.41. The van der Waals surface area contributed by atoms with Crippen LogP contribution < -0.4 is 15.2 Å². The van der Waals surface area contributed by atoms with E-state index in [1.54, 1.807) is 0 Å². The van der Waals surface area contributed by atoms with Crippen LogP contribution >= 0.6 is 0 Å². The Kier molecular flexibility index (Phi) is 4.50. The van der Waals surface area contributed by atoms with E-state index in [9.17, 15) is 8.42 Å². The van der Waals surface area contributed by atoms with E-state index in [2.05, 4.69) is 4.72 Å². The quantitative estimate of drug-likeness (QED) is 0.829. The van der Waals surface area contributed by atoms with Crippen molar-refractivity contribution in [3.63, 3.8) is 0 Å². The molecule has 0 saturated heterocycles. The maximum absolute atomic E-state index is 12.3. The Bertz CT molecular complexity index is 742. The predicted molar refractivity (Wildman–Crippen MR) is 82.6 cm³/mol. The summed E-state index contributed by atoms with van der Waals surface area (Å²) < 4.78 is 32.1. The van der Waals surface area contributed by atoms with Crippen molar-refractivity contribution in [2.45, 2.75) is 18.4 Å². The maximum atomic E-state index is 12.3. The smallest absolute Gasteiger partial charge is 0.241 e. The molecule has 112 valence electrons. The molecular formula is C15H18N2O3S. The predicted octanol–water partition coefficient (Wildman–Crippen LogP) is 2.06. The normalized spacial score (nSPS) is 11.3. The molecule has 0 aliphatic rings. The van der Waals surface area contributed by atoms with Gasteiger partial charge in [0.25, 0.3) is 0 Å². The summed E-state index contributed by atoms with van der Waals surface area (Å²) in [5, 5.41) is 0. The number of ether oxygens (including phenoxy) is 1. The molecular weight excluding hydrogens is 288 g/mol. The molecule has 5 nitrogen and oxygen atoms in total. The van der Waals surface area contributed by atoms with Gasteiger partial charge in [-0.25, -0.2) is 13.1 Å². The molecule has 0 bridgehead atoms. The average Bonchev–Trinajstić information content (AvgIpc) is 2.46. The van der Waals surface area contributed by atoms with Gasteiger partial charge in [0, 0.05) is 12.6 Å². The topological polar surface area (TPSA) is 81.4 Å². The summed E-state index contributed by atoms with van der Waals surface area (Å²) in [6.07, 6.45) is 0. The minimum Gasteiger partial charge on any atom is -0.495 e. The molecule has 2 rings (SSSR count). The molecule has 0 amide bonds. The highest BCUT2D eigenvalue weighted by Gasteiger charge is 2.15. The van der Waals surface area contributed by atoms with Crippen molar-refractivity contribution in [1.82, 2.24) is 4.72 Å². The van der Waals surface area contributed by atoms with Gasteiger partial charge in [-0.05, 0) is 24.6 Å². The van der Waals surface area contributed by atoms with Crippen molar-refractivity contribution in [2.75, 3.05) is 12.8 Å². The molecule has 0 aliphatic heterocycles. The number of hydrogen-bond donors (Lipinski definition) is 2. The van der Waals surface area contributed by atoms with E-state index in [1.165, 1.54) is 25.3 Å². The first kappa shape index (κ1) is 15.3. The Balaban J connectivity index is 2.18. The second kappa shape index (κ2) is 6.15. The van der Waals surface area contributed by atoms with Crippen LogP contribution in [0.25, 0.3) is 0 Å². The Morgan fingerprint density at radius 2 is 1.95 bits per heavy atom. The van der Waals surface area contributed by atoms with E-state index in [4.69, 9.17) is 10.5 Å². The number of sulfonamides is 1. The molecule has 2 aromatic rings. The van der Waals surface area contributed by atoms with Crippen LogP contribution in [-0.2, 0) is 16.6 Å². The van der Waals surface area contributed by atoms with E-state index in [0.717, 1.165) is 11.1 Å². The van der Waals surface area contributed by atoms with Crippen molar-refractivity contribution in [3.05, 3.63) is 53.6 Å². The molecule has 3 N–H and O–H groups in total. The van der Waals surface area contributed by atoms with Crippen LogP contribution in [0.5, 0.6) is 5.75 Å². The summed E-state index contributed by atoms with van der Waals surface area (Å²) in [6.45, 7) is 2.19. The van der Waals surface area contributed by atoms with Crippen molar-refractivity contribution < 1.29 is 13.2 Å². The summed E-state index contributed by atoms with van der Waals surface area (Å²) >= 11 is 0. The fraction of sp³-hybridized carbons (Fsp3) is 0.200. The van der Waals surface area contributed by atoms with Crippen LogP contribution in [-0.4, -0.2) is 15.5 Å². The number of methoxy groups -OCH3 is 1. The first-order chi connectivity index (χ1) is 9.92. The number of rotatable bonds is 5. The van der Waals surface area contributed by atoms with Gasteiger partial charge in [-0.1, -0.05) is 29.8 Å². The van der Waals surface area contributed by atoms with Crippen LogP contribution in [0.3, 0.4) is 0 Å². The summed E-state index contributed by atoms with van der Waals surface area (Å²) in [4.78, 5) is 0.126. The van der Waals surface area contributed by atoms with Crippen LogP contribution in [0.15, 0.2) is 47.4 Å². The highest BCUT2D eigenvalue weighted by Crippen LogP contribution is 2.24. The van der Waals surface area contributed by atoms with Gasteiger partial charge < -0.3 is 10.5 Å². The number of aryl methyl sites for hydroxylation is 1. The molecule has 0 unspecified atom stereocenters. The Labute approximate surface area is 124 Å². The second-order valence-electron chi connectivity index (χ2n) is 4.72. The third-order valence-electron chi connectivity index (χ3n) is 3.06. The Morgan fingerprint density at radius 1 is 1.19 bits per heavy atom. The molecule has 0 radical (unpaired) electrons. The van der Waals surface area contributed by atoms with Crippen LogP contribution in [0.4, 0.5) is 5.69 Å². The standard InChI is InChI=1S/C15H18N2O3S/c1-11-4-3-5-12(8-11)10-17-21(18,19)13-6-7-14(16)15(9-13)20-2/h3-9,17H,10,16H2,1-2H3. The van der Waals surface area contributed by atoms with Crippen LogP contribution in [0.2, 0.25) is 0 Å². The van der Waals surface area contributed by atoms with Gasteiger partial charge in [0.15, 0.2) is 0 Å². The number of nitrogens with one attached hydrogen (secondary N) is 1. The summed E-state index contributed by atoms with van der Waals surface area (Å²) in [6, 6.07) is 12.0. The zero-order valence-electron chi connectivity index (χ0n) is 12.0. The highest BCUT2D eigenvalue weighted by molar-refractivity contribution is 7.89. The van der Waals surface area contributed by atoms with Gasteiger partial charge in [-0.3, -0.25) is 0 Å². The molecule has 0 aromatic heterocycles. The van der Waals surface area contributed by atoms with Crippen molar-refractivity contribution in [3.8, 4) is 5.75 Å². The lowest BCUT2D eigenvalue weighted by atomic mass is 10.1. The molecule has 6 heteroatoms. The summed E-state index contributed by atoms with van der Waals surface area (Å²) in [5.41, 5.74) is 8.07. The molecule has 0 heterocycles. The Hall–Kier alpha value is -2.05. The monoisotopic (exact) mass is 306 g/mol. The van der Waals surface area contributed by atoms with E-state index >= 15 is 0 Å². The third kappa shape index (κ3) is 3.74. The molecule has 0 saturated carbocycles. The zero-order chi connectivity index (χ0) is 15.5. The lowest BCUT2D eigenvalue weighted by Gasteiger charge is -2.10. The fourth-order valence-electron chi connectivity index (χ4n) is 1.94. The molecule has 0 atom stereocenters. The van der Waals surface area contributed by atoms with E-state index in [0.29, 0.717) is 11.4 Å². The van der Waals surface area contributed by atoms with Crippen molar-refractivity contribution >= 4 is 15.7 Å². The van der Waals surface area contributed by atoms with Crippen LogP contribution in [0, 0.1) is 6.92 Å². The van der Waals surface area contributed by atoms with Crippen molar-refractivity contribution in [1.29, 1.82) is 0 Å². The number of hydrogen-bond acceptors (Lipinski definition) is 4. The minimum absolute atomic E-state index is 0.126. The third-order valence-corrected chi connectivity index (χ3v) is 4.46. The number of nitrogen functional groups attached to an aromatic ring is 1. The lowest BCUT2D eigenvalue weighted by molar-refractivity contribution is 0.415. The van der Waals surface area contributed by atoms with Crippen LogP contribution in [0.1, 0.15) is 11.1 Å². The van der Waals surface area contributed by atoms with E-state index < -0.39 is 10.0 Å². The van der Waals surface area contributed by atoms with Gasteiger partial charge in [0.2, 0.25) is 10.0 Å². The minimum atomic E-state index is -3.61. The van der Waals surface area contributed by atoms with Gasteiger partial charge in [-0.15, -0.1) is 0 Å². The first-order valence-corrected chi connectivity index (χ1v) is 7.89. The fourth-order valence-corrected chi connectivity index (χ4v) is 2.98. The molecule has 21 heavy (non-hydrogen) atoms. The number of anilines is 1. The second-order valence-corrected chi connectivity index (χ2v) is 6.48. The average molecular weight is 306 g/mol. The zero-order valence-corrected chi connectivity index (χ0v) is 12.8. The lowest BCUT2D eigenvalue weighted by Crippen LogP contribution is -2.23. The van der Waals surface area contributed by atoms with Crippen molar-refractivity contribution in [2.24, 2.45) is 0 Å². The maximum Gasteiger partial charge on any atom is 0.241 e. The highest BCUT2D eigenvalue weighted by atomic mass is 32.2. The molecule has 0 aliphatic carbocycles. The van der Waals surface area contributed by atoms with Gasteiger partial charge in [0.05, 0.1) is 17.7 Å². The number of nitrogens with two attached hydrogens (primary N) is 1. The summed E-state index contributed by atoms with van der Waals surface area (Å²) in [7, 11) is -2.16. The molecule has 0 spiro atoms. The van der Waals surface area contributed by atoms with Gasteiger partial charge in [-0.2, -0.15) is 0 Å². The Morgan fingerprint density at radius 3 is 2.62 bits per heavy atom. The van der Waals surface area contributed by atoms with Gasteiger partial charge >= 0.3 is 0 Å². The number of benzene rings is 2. The van der Waals surface area contributed by atoms with E-state index in [-0.39, 0.29) is 11.4 Å². The largest absolute Gasteiger partial charge is 0.495 e. The SMILES string of the molecule is COc1cc(S(=O)(=O)NCc2cccc(C)c2)ccc1N. The van der Waals surface area contributed by atoms with E-state index in [1.807, 2.05) is 31.2 Å². The molecule has 0 fully saturated rings. The van der Waals surface area contributed by atoms with Gasteiger partial charge in [0.1, 0.15) is 5.75 Å².